The number of halogens is 1. The van der Waals surface area contributed by atoms with Crippen LogP contribution in [0, 0.1) is 0 Å². The number of ether oxygens (including phenoxy) is 2. The van der Waals surface area contributed by atoms with Crippen molar-refractivity contribution >= 4 is 18.0 Å². The molecular formula is C24H27FN2O6. The van der Waals surface area contributed by atoms with Gasteiger partial charge in [0.05, 0.1) is 13.2 Å². The Balaban J connectivity index is 1.58. The highest BCUT2D eigenvalue weighted by Crippen LogP contribution is 2.44. The average Bonchev–Trinajstić information content (AvgIpc) is 3.13. The standard InChI is InChI=1S/C24H27FN2O6/c25-11-13-32-14-12-26-23(30)21(9-10-22(28)29)27-24(31)33-15-20-18-7-3-1-5-16(18)17-6-2-4-8-19(17)20/h1-8,20-21H,9-15H2,(H,26,30)(H,27,31)(H,28,29). The van der Waals surface area contributed by atoms with Crippen LogP contribution >= 0.6 is 0 Å². The van der Waals surface area contributed by atoms with Crippen molar-refractivity contribution in [2.75, 3.05) is 33.0 Å². The van der Waals surface area contributed by atoms with Crippen molar-refractivity contribution in [1.82, 2.24) is 10.6 Å². The molecule has 2 aromatic rings. The number of aliphatic carboxylic acids is 1. The lowest BCUT2D eigenvalue weighted by atomic mass is 9.98. The first-order valence-corrected chi connectivity index (χ1v) is 10.8. The van der Waals surface area contributed by atoms with E-state index in [0.29, 0.717) is 0 Å². The lowest BCUT2D eigenvalue weighted by Gasteiger charge is -2.19. The third-order valence-electron chi connectivity index (χ3n) is 5.37. The van der Waals surface area contributed by atoms with E-state index in [0.717, 1.165) is 22.3 Å². The molecule has 3 N–H and O–H groups in total. The number of amides is 2. The highest BCUT2D eigenvalue weighted by Gasteiger charge is 2.29. The second-order valence-corrected chi connectivity index (χ2v) is 7.55. The summed E-state index contributed by atoms with van der Waals surface area (Å²) in [5.74, 6) is -1.79. The maximum Gasteiger partial charge on any atom is 0.407 e. The molecule has 1 unspecified atom stereocenters. The minimum Gasteiger partial charge on any atom is -0.481 e. The summed E-state index contributed by atoms with van der Waals surface area (Å²) in [4.78, 5) is 35.8. The van der Waals surface area contributed by atoms with Crippen LogP contribution in [0.4, 0.5) is 9.18 Å². The Morgan fingerprint density at radius 1 is 1.00 bits per heavy atom. The maximum atomic E-state index is 12.5. The van der Waals surface area contributed by atoms with Crippen LogP contribution in [0.3, 0.4) is 0 Å². The van der Waals surface area contributed by atoms with Crippen LogP contribution in [0.2, 0.25) is 0 Å². The number of nitrogens with one attached hydrogen (secondary N) is 2. The molecule has 0 radical (unpaired) electrons. The highest BCUT2D eigenvalue weighted by molar-refractivity contribution is 5.86. The number of rotatable bonds is 12. The van der Waals surface area contributed by atoms with Crippen LogP contribution in [-0.4, -0.2) is 62.2 Å². The van der Waals surface area contributed by atoms with Gasteiger partial charge in [0.25, 0.3) is 0 Å². The molecule has 0 aromatic heterocycles. The van der Waals surface area contributed by atoms with Crippen LogP contribution in [-0.2, 0) is 19.1 Å². The molecule has 0 heterocycles. The third-order valence-corrected chi connectivity index (χ3v) is 5.37. The molecule has 9 heteroatoms. The molecule has 0 saturated carbocycles. The summed E-state index contributed by atoms with van der Waals surface area (Å²) < 4.78 is 22.4. The fraction of sp³-hybridized carbons (Fsp3) is 0.375. The zero-order chi connectivity index (χ0) is 23.6. The molecule has 0 aliphatic heterocycles. The first-order valence-electron chi connectivity index (χ1n) is 10.8. The first-order chi connectivity index (χ1) is 16.0. The molecule has 0 spiro atoms. The van der Waals surface area contributed by atoms with E-state index < -0.39 is 30.7 Å². The molecule has 8 nitrogen and oxygen atoms in total. The summed E-state index contributed by atoms with van der Waals surface area (Å²) >= 11 is 0. The van der Waals surface area contributed by atoms with Gasteiger partial charge in [-0.3, -0.25) is 9.59 Å². The molecule has 1 aliphatic carbocycles. The van der Waals surface area contributed by atoms with Crippen molar-refractivity contribution in [2.24, 2.45) is 0 Å². The van der Waals surface area contributed by atoms with Gasteiger partial charge in [-0.1, -0.05) is 48.5 Å². The number of alkyl halides is 1. The Morgan fingerprint density at radius 2 is 1.64 bits per heavy atom. The van der Waals surface area contributed by atoms with E-state index in [1.54, 1.807) is 0 Å². The molecule has 0 bridgehead atoms. The zero-order valence-corrected chi connectivity index (χ0v) is 18.1. The number of hydrogen-bond acceptors (Lipinski definition) is 5. The van der Waals surface area contributed by atoms with Crippen molar-refractivity contribution in [3.63, 3.8) is 0 Å². The molecule has 3 rings (SSSR count). The van der Waals surface area contributed by atoms with Gasteiger partial charge in [0.1, 0.15) is 19.3 Å². The summed E-state index contributed by atoms with van der Waals surface area (Å²) in [5.41, 5.74) is 4.30. The lowest BCUT2D eigenvalue weighted by Crippen LogP contribution is -2.48. The molecular weight excluding hydrogens is 431 g/mol. The minimum atomic E-state index is -1.09. The second kappa shape index (κ2) is 12.0. The number of fused-ring (bicyclic) bond motifs is 3. The number of carboxylic acids is 1. The third kappa shape index (κ3) is 6.52. The van der Waals surface area contributed by atoms with Crippen molar-refractivity contribution in [1.29, 1.82) is 0 Å². The Morgan fingerprint density at radius 3 is 2.24 bits per heavy atom. The number of carbonyl (C=O) groups is 3. The number of carbonyl (C=O) groups excluding carboxylic acids is 2. The predicted octanol–water partition coefficient (Wildman–Crippen LogP) is 2.86. The van der Waals surface area contributed by atoms with Crippen molar-refractivity contribution in [3.8, 4) is 11.1 Å². The molecule has 0 saturated heterocycles. The maximum absolute atomic E-state index is 12.5. The molecule has 33 heavy (non-hydrogen) atoms. The second-order valence-electron chi connectivity index (χ2n) is 7.55. The molecule has 0 fully saturated rings. The molecule has 1 atom stereocenters. The van der Waals surface area contributed by atoms with E-state index in [2.05, 4.69) is 10.6 Å². The van der Waals surface area contributed by atoms with Gasteiger partial charge in [-0.05, 0) is 28.7 Å². The highest BCUT2D eigenvalue weighted by atomic mass is 19.1. The van der Waals surface area contributed by atoms with Crippen molar-refractivity contribution in [2.45, 2.75) is 24.8 Å². The molecule has 2 aromatic carbocycles. The SMILES string of the molecule is O=C(O)CCC(NC(=O)OCC1c2ccccc2-c2ccccc21)C(=O)NCCOCCF. The monoisotopic (exact) mass is 458 g/mol. The number of alkyl carbamates (subject to hydrolysis) is 1. The Kier molecular flexibility index (Phi) is 8.77. The van der Waals surface area contributed by atoms with Crippen LogP contribution in [0.25, 0.3) is 11.1 Å². The summed E-state index contributed by atoms with van der Waals surface area (Å²) in [5, 5.41) is 14.0. The van der Waals surface area contributed by atoms with Crippen LogP contribution in [0.5, 0.6) is 0 Å². The summed E-state index contributed by atoms with van der Waals surface area (Å²) in [6.45, 7) is -0.417. The van der Waals surface area contributed by atoms with Gasteiger partial charge in [0.15, 0.2) is 0 Å². The van der Waals surface area contributed by atoms with Gasteiger partial charge in [-0.2, -0.15) is 0 Å². The van der Waals surface area contributed by atoms with Crippen LogP contribution < -0.4 is 10.6 Å². The Bertz CT molecular complexity index is 937. The predicted molar refractivity (Wildman–Crippen MR) is 119 cm³/mol. The Labute approximate surface area is 191 Å². The van der Waals surface area contributed by atoms with Crippen LogP contribution in [0.15, 0.2) is 48.5 Å². The van der Waals surface area contributed by atoms with E-state index >= 15 is 0 Å². The van der Waals surface area contributed by atoms with Gasteiger partial charge in [0.2, 0.25) is 5.91 Å². The van der Waals surface area contributed by atoms with E-state index in [-0.39, 0.29) is 45.1 Å². The fourth-order valence-corrected chi connectivity index (χ4v) is 3.85. The van der Waals surface area contributed by atoms with E-state index in [1.165, 1.54) is 0 Å². The topological polar surface area (TPSA) is 114 Å². The summed E-state index contributed by atoms with van der Waals surface area (Å²) in [7, 11) is 0. The zero-order valence-electron chi connectivity index (χ0n) is 18.1. The molecule has 2 amide bonds. The van der Waals surface area contributed by atoms with Gasteiger partial charge in [-0.15, -0.1) is 0 Å². The molecule has 176 valence electrons. The van der Waals surface area contributed by atoms with E-state index in [4.69, 9.17) is 14.6 Å². The van der Waals surface area contributed by atoms with Gasteiger partial charge >= 0.3 is 12.1 Å². The quantitative estimate of drug-likeness (QED) is 0.422. The summed E-state index contributed by atoms with van der Waals surface area (Å²) in [6, 6.07) is 14.7. The normalized spacial score (nSPS) is 13.0. The smallest absolute Gasteiger partial charge is 0.407 e. The first kappa shape index (κ1) is 24.2. The lowest BCUT2D eigenvalue weighted by molar-refractivity contribution is -0.137. The van der Waals surface area contributed by atoms with Crippen LogP contribution in [0.1, 0.15) is 29.9 Å². The van der Waals surface area contributed by atoms with Gasteiger partial charge < -0.3 is 25.2 Å². The van der Waals surface area contributed by atoms with E-state index in [9.17, 15) is 18.8 Å². The van der Waals surface area contributed by atoms with Gasteiger partial charge in [0, 0.05) is 18.9 Å². The summed E-state index contributed by atoms with van der Waals surface area (Å²) in [6.07, 6.45) is -1.22. The number of benzene rings is 2. The fourth-order valence-electron chi connectivity index (χ4n) is 3.85. The van der Waals surface area contributed by atoms with Gasteiger partial charge in [-0.25, -0.2) is 9.18 Å². The molecule has 1 aliphatic rings. The Hall–Kier alpha value is -3.46. The number of hydrogen-bond donors (Lipinski definition) is 3. The van der Waals surface area contributed by atoms with E-state index in [1.807, 2.05) is 48.5 Å². The average molecular weight is 458 g/mol. The number of carboxylic acid groups (broad SMARTS) is 1. The minimum absolute atomic E-state index is 0.0731. The largest absolute Gasteiger partial charge is 0.481 e. The van der Waals surface area contributed by atoms with Crippen molar-refractivity contribution in [3.05, 3.63) is 59.7 Å². The van der Waals surface area contributed by atoms with Crippen molar-refractivity contribution < 1.29 is 33.4 Å².